The fraction of sp³-hybridized carbons (Fsp3) is 1.00. The van der Waals surface area contributed by atoms with Crippen molar-refractivity contribution >= 4 is 51.4 Å². The molecular weight excluding hydrogens is 191 g/mol. The molecule has 74 valence electrons. The van der Waals surface area contributed by atoms with Gasteiger partial charge in [0.05, 0.1) is 0 Å². The van der Waals surface area contributed by atoms with Gasteiger partial charge in [-0.3, -0.25) is 0 Å². The van der Waals surface area contributed by atoms with E-state index in [1.165, 1.54) is 0 Å². The summed E-state index contributed by atoms with van der Waals surface area (Å²) in [5.74, 6) is 0. The van der Waals surface area contributed by atoms with E-state index in [1.54, 1.807) is 0 Å². The van der Waals surface area contributed by atoms with E-state index >= 15 is 0 Å². The molecule has 1 fully saturated rings. The average Bonchev–Trinajstić information content (AvgIpc) is 2.05. The van der Waals surface area contributed by atoms with Gasteiger partial charge in [0, 0.05) is 52.4 Å². The molecule has 0 atom stereocenters. The van der Waals surface area contributed by atoms with Crippen LogP contribution in [-0.4, -0.2) is 104 Å². The Labute approximate surface area is 123 Å². The molecular formula is C8H21KN4. The second-order valence-corrected chi connectivity index (χ2v) is 3.00. The van der Waals surface area contributed by atoms with Gasteiger partial charge < -0.3 is 21.3 Å². The van der Waals surface area contributed by atoms with E-state index in [0.29, 0.717) is 0 Å². The van der Waals surface area contributed by atoms with Gasteiger partial charge in [-0.2, -0.15) is 0 Å². The van der Waals surface area contributed by atoms with Crippen molar-refractivity contribution in [2.45, 2.75) is 0 Å². The van der Waals surface area contributed by atoms with Crippen LogP contribution in [0.25, 0.3) is 0 Å². The van der Waals surface area contributed by atoms with E-state index in [0.717, 1.165) is 52.4 Å². The van der Waals surface area contributed by atoms with Gasteiger partial charge in [0.2, 0.25) is 0 Å². The summed E-state index contributed by atoms with van der Waals surface area (Å²) in [6, 6.07) is 0. The molecule has 0 aromatic carbocycles. The van der Waals surface area contributed by atoms with Gasteiger partial charge in [-0.25, -0.2) is 0 Å². The maximum atomic E-state index is 3.36. The van der Waals surface area contributed by atoms with E-state index in [9.17, 15) is 0 Å². The number of hydrogen-bond acceptors (Lipinski definition) is 4. The van der Waals surface area contributed by atoms with Crippen LogP contribution in [-0.2, 0) is 0 Å². The summed E-state index contributed by atoms with van der Waals surface area (Å²) in [4.78, 5) is 0. The minimum atomic E-state index is 0. The number of hydrogen-bond donors (Lipinski definition) is 4. The monoisotopic (exact) mass is 212 g/mol. The molecule has 0 saturated carbocycles. The van der Waals surface area contributed by atoms with Crippen LogP contribution in [0, 0.1) is 0 Å². The summed E-state index contributed by atoms with van der Waals surface area (Å²) >= 11 is 0. The summed E-state index contributed by atoms with van der Waals surface area (Å²) in [5.41, 5.74) is 0. The Kier molecular flexibility index (Phi) is 12.9. The minimum absolute atomic E-state index is 0. The van der Waals surface area contributed by atoms with Crippen LogP contribution in [0.3, 0.4) is 0 Å². The first-order chi connectivity index (χ1) is 6.00. The topological polar surface area (TPSA) is 48.1 Å². The Balaban J connectivity index is 0.00000144. The van der Waals surface area contributed by atoms with Gasteiger partial charge in [-0.15, -0.1) is 0 Å². The van der Waals surface area contributed by atoms with Crippen LogP contribution in [0.15, 0.2) is 0 Å². The molecule has 1 aliphatic heterocycles. The first-order valence-electron chi connectivity index (χ1n) is 4.83. The van der Waals surface area contributed by atoms with Crippen LogP contribution >= 0.6 is 0 Å². The molecule has 0 aromatic rings. The van der Waals surface area contributed by atoms with Gasteiger partial charge >= 0.3 is 51.4 Å². The molecule has 5 heteroatoms. The first-order valence-corrected chi connectivity index (χ1v) is 4.83. The van der Waals surface area contributed by atoms with Crippen LogP contribution in [0.1, 0.15) is 0 Å². The Morgan fingerprint density at radius 3 is 0.692 bits per heavy atom. The third kappa shape index (κ3) is 9.77. The molecule has 4 nitrogen and oxygen atoms in total. The molecule has 1 heterocycles. The van der Waals surface area contributed by atoms with Crippen LogP contribution in [0.2, 0.25) is 0 Å². The van der Waals surface area contributed by atoms with E-state index in [-0.39, 0.29) is 51.4 Å². The molecule has 13 heavy (non-hydrogen) atoms. The van der Waals surface area contributed by atoms with Crippen molar-refractivity contribution in [3.8, 4) is 0 Å². The summed E-state index contributed by atoms with van der Waals surface area (Å²) in [6.45, 7) is 8.57. The van der Waals surface area contributed by atoms with Crippen molar-refractivity contribution in [2.75, 3.05) is 52.4 Å². The van der Waals surface area contributed by atoms with Gasteiger partial charge in [0.15, 0.2) is 0 Å². The Morgan fingerprint density at radius 1 is 0.385 bits per heavy atom. The second kappa shape index (κ2) is 11.6. The zero-order chi connectivity index (χ0) is 8.49. The van der Waals surface area contributed by atoms with Crippen molar-refractivity contribution in [3.05, 3.63) is 0 Å². The molecule has 0 radical (unpaired) electrons. The standard InChI is InChI=1S/C8H20N4.K.H/c1-2-10-5-6-12-8-7-11-4-3-9-1;;/h9-12H,1-8H2;;. The van der Waals surface area contributed by atoms with E-state index < -0.39 is 0 Å². The maximum absolute atomic E-state index is 3.36. The molecule has 1 rings (SSSR count). The van der Waals surface area contributed by atoms with Gasteiger partial charge in [0.1, 0.15) is 0 Å². The fourth-order valence-corrected chi connectivity index (χ4v) is 1.21. The van der Waals surface area contributed by atoms with Crippen LogP contribution in [0.5, 0.6) is 0 Å². The molecule has 0 spiro atoms. The molecule has 0 unspecified atom stereocenters. The number of rotatable bonds is 0. The second-order valence-electron chi connectivity index (χ2n) is 3.00. The molecule has 1 aliphatic rings. The number of nitrogens with one attached hydrogen (secondary N) is 4. The van der Waals surface area contributed by atoms with Crippen molar-refractivity contribution in [1.29, 1.82) is 0 Å². The summed E-state index contributed by atoms with van der Waals surface area (Å²) in [7, 11) is 0. The van der Waals surface area contributed by atoms with Crippen molar-refractivity contribution in [1.82, 2.24) is 21.3 Å². The molecule has 0 aromatic heterocycles. The molecule has 0 bridgehead atoms. The van der Waals surface area contributed by atoms with Crippen LogP contribution in [0.4, 0.5) is 0 Å². The molecule has 0 amide bonds. The molecule has 0 aliphatic carbocycles. The third-order valence-electron chi connectivity index (χ3n) is 1.91. The predicted molar refractivity (Wildman–Crippen MR) is 58.6 cm³/mol. The van der Waals surface area contributed by atoms with Crippen LogP contribution < -0.4 is 21.3 Å². The fourth-order valence-electron chi connectivity index (χ4n) is 1.21. The van der Waals surface area contributed by atoms with E-state index in [2.05, 4.69) is 21.3 Å². The van der Waals surface area contributed by atoms with Crippen molar-refractivity contribution in [3.63, 3.8) is 0 Å². The summed E-state index contributed by atoms with van der Waals surface area (Å²) < 4.78 is 0. The normalized spacial score (nSPS) is 22.2. The van der Waals surface area contributed by atoms with E-state index in [1.807, 2.05) is 0 Å². The zero-order valence-electron chi connectivity index (χ0n) is 7.66. The summed E-state index contributed by atoms with van der Waals surface area (Å²) in [6.07, 6.45) is 0. The Hall–Kier alpha value is 1.48. The first kappa shape index (κ1) is 14.5. The zero-order valence-corrected chi connectivity index (χ0v) is 7.66. The Bertz CT molecular complexity index is 59.1. The quantitative estimate of drug-likeness (QED) is 0.342. The van der Waals surface area contributed by atoms with Gasteiger partial charge in [0.25, 0.3) is 0 Å². The third-order valence-corrected chi connectivity index (χ3v) is 1.91. The van der Waals surface area contributed by atoms with Gasteiger partial charge in [-0.1, -0.05) is 0 Å². The average molecular weight is 212 g/mol. The molecule has 1 saturated heterocycles. The molecule has 4 N–H and O–H groups in total. The Morgan fingerprint density at radius 2 is 0.538 bits per heavy atom. The van der Waals surface area contributed by atoms with Gasteiger partial charge in [-0.05, 0) is 0 Å². The SMILES string of the molecule is C1CNCCNCCNCCN1.[KH]. The van der Waals surface area contributed by atoms with Crippen molar-refractivity contribution < 1.29 is 0 Å². The van der Waals surface area contributed by atoms with Crippen molar-refractivity contribution in [2.24, 2.45) is 0 Å². The predicted octanol–water partition coefficient (Wildman–Crippen LogP) is -2.29. The summed E-state index contributed by atoms with van der Waals surface area (Å²) in [5, 5.41) is 13.4. The van der Waals surface area contributed by atoms with E-state index in [4.69, 9.17) is 0 Å².